The molecule has 4 aliphatic rings. The smallest absolute Gasteiger partial charge is 0.330 e. The molecule has 6 bridgehead atoms. The van der Waals surface area contributed by atoms with Gasteiger partial charge in [0.1, 0.15) is 18.6 Å². The van der Waals surface area contributed by atoms with Crippen molar-refractivity contribution < 1.29 is 66.5 Å². The fourth-order valence-corrected chi connectivity index (χ4v) is 9.52. The predicted molar refractivity (Wildman–Crippen MR) is 248 cm³/mol. The lowest BCUT2D eigenvalue weighted by Crippen LogP contribution is -2.63. The van der Waals surface area contributed by atoms with Gasteiger partial charge < -0.3 is 52.1 Å². The van der Waals surface area contributed by atoms with Gasteiger partial charge in [-0.25, -0.2) is 4.79 Å². The van der Waals surface area contributed by atoms with E-state index in [4.69, 9.17) is 52.1 Å². The summed E-state index contributed by atoms with van der Waals surface area (Å²) >= 11 is 0. The third kappa shape index (κ3) is 14.4. The molecular weight excluding hydrogens is 861 g/mol. The van der Waals surface area contributed by atoms with E-state index in [2.05, 4.69) is 13.2 Å². The number of rotatable bonds is 13. The summed E-state index contributed by atoms with van der Waals surface area (Å²) in [6, 6.07) is 17.3. The molecule has 0 amide bonds. The molecule has 3 fully saturated rings. The number of carbonyl (C=O) groups is 3. The average molecular weight is 931 g/mol. The van der Waals surface area contributed by atoms with Crippen molar-refractivity contribution in [3.8, 4) is 5.75 Å². The van der Waals surface area contributed by atoms with Crippen LogP contribution < -0.4 is 4.74 Å². The van der Waals surface area contributed by atoms with Crippen LogP contribution >= 0.6 is 0 Å². The fraction of sp³-hybridized carbons (Fsp3) is 0.566. The summed E-state index contributed by atoms with van der Waals surface area (Å²) in [6.07, 6.45) is 3.76. The maximum absolute atomic E-state index is 14.4. The molecular formula is C53H70O14. The highest BCUT2D eigenvalue weighted by Gasteiger charge is 2.59. The SMILES string of the molecule is C=C1CC2C[C@@H](OCc3ccc(OC)cc3)CC(=O)O[C@@H]([C@@H](C)OCOCc3ccccc3)C[C@@H]3C/C(=C\C(=O)OC)[C@H](OC(C)=O)[C@@](OC)(O3)C(C)(C)/C=C/[C@H]3CC(=C)C[C@@H](C[C@@H](C1)O2)O3. The Bertz CT molecular complexity index is 2040. The second kappa shape index (κ2) is 24.1. The van der Waals surface area contributed by atoms with Crippen LogP contribution in [0, 0.1) is 5.41 Å². The van der Waals surface area contributed by atoms with Gasteiger partial charge in [0.05, 0.1) is 76.6 Å². The Labute approximate surface area is 395 Å². The van der Waals surface area contributed by atoms with E-state index in [-0.39, 0.29) is 57.1 Å². The van der Waals surface area contributed by atoms with Crippen molar-refractivity contribution in [2.24, 2.45) is 5.41 Å². The number of esters is 3. The van der Waals surface area contributed by atoms with E-state index in [9.17, 15) is 14.4 Å². The quantitative estimate of drug-likeness (QED) is 0.0471. The van der Waals surface area contributed by atoms with E-state index in [1.54, 1.807) is 14.0 Å². The van der Waals surface area contributed by atoms with Crippen LogP contribution in [0.25, 0.3) is 0 Å². The summed E-state index contributed by atoms with van der Waals surface area (Å²) in [5.74, 6) is -2.78. The van der Waals surface area contributed by atoms with E-state index < -0.39 is 59.6 Å². The zero-order valence-electron chi connectivity index (χ0n) is 40.2. The van der Waals surface area contributed by atoms with E-state index in [0.29, 0.717) is 50.7 Å². The maximum Gasteiger partial charge on any atom is 0.330 e. The van der Waals surface area contributed by atoms with Gasteiger partial charge in [0.2, 0.25) is 5.79 Å². The zero-order valence-corrected chi connectivity index (χ0v) is 40.2. The summed E-state index contributed by atoms with van der Waals surface area (Å²) in [4.78, 5) is 40.3. The maximum atomic E-state index is 14.4. The highest BCUT2D eigenvalue weighted by Crippen LogP contribution is 2.49. The zero-order chi connectivity index (χ0) is 48.1. The van der Waals surface area contributed by atoms with Gasteiger partial charge in [0.25, 0.3) is 0 Å². The van der Waals surface area contributed by atoms with Gasteiger partial charge in [-0.3, -0.25) is 9.59 Å². The van der Waals surface area contributed by atoms with Crippen LogP contribution in [0.15, 0.2) is 103 Å². The lowest BCUT2D eigenvalue weighted by molar-refractivity contribution is -0.338. The van der Waals surface area contributed by atoms with Crippen molar-refractivity contribution in [3.63, 3.8) is 0 Å². The number of cyclic esters (lactones) is 1. The Morgan fingerprint density at radius 2 is 1.49 bits per heavy atom. The minimum Gasteiger partial charge on any atom is -0.497 e. The average Bonchev–Trinajstić information content (AvgIpc) is 3.29. The molecule has 0 spiro atoms. The van der Waals surface area contributed by atoms with E-state index in [1.807, 2.05) is 80.6 Å². The van der Waals surface area contributed by atoms with Crippen molar-refractivity contribution in [1.82, 2.24) is 0 Å². The normalized spacial score (nSPS) is 30.9. The number of hydrogen-bond acceptors (Lipinski definition) is 14. The molecule has 2 aromatic carbocycles. The number of fused-ring (bicyclic) bond motifs is 6. The minimum absolute atomic E-state index is 0.0830. The highest BCUT2D eigenvalue weighted by atomic mass is 16.7. The third-order valence-corrected chi connectivity index (χ3v) is 12.9. The van der Waals surface area contributed by atoms with Gasteiger partial charge in [-0.15, -0.1) is 0 Å². The molecule has 67 heavy (non-hydrogen) atoms. The molecule has 0 saturated carbocycles. The Morgan fingerprint density at radius 1 is 0.821 bits per heavy atom. The molecule has 0 N–H and O–H groups in total. The third-order valence-electron chi connectivity index (χ3n) is 12.9. The molecule has 3 saturated heterocycles. The van der Waals surface area contributed by atoms with Gasteiger partial charge >= 0.3 is 17.9 Å². The summed E-state index contributed by atoms with van der Waals surface area (Å²) in [6.45, 7) is 16.1. The van der Waals surface area contributed by atoms with Gasteiger partial charge in [-0.05, 0) is 67.9 Å². The van der Waals surface area contributed by atoms with Crippen molar-refractivity contribution in [1.29, 1.82) is 0 Å². The summed E-state index contributed by atoms with van der Waals surface area (Å²) in [7, 11) is 4.36. The van der Waals surface area contributed by atoms with Gasteiger partial charge in [0.15, 0.2) is 6.10 Å². The predicted octanol–water partition coefficient (Wildman–Crippen LogP) is 8.60. The molecule has 14 heteroatoms. The lowest BCUT2D eigenvalue weighted by atomic mass is 9.73. The van der Waals surface area contributed by atoms with Crippen molar-refractivity contribution in [3.05, 3.63) is 114 Å². The molecule has 1 unspecified atom stereocenters. The van der Waals surface area contributed by atoms with Crippen LogP contribution in [0.2, 0.25) is 0 Å². The molecule has 14 nitrogen and oxygen atoms in total. The van der Waals surface area contributed by atoms with Crippen LogP contribution in [0.4, 0.5) is 0 Å². The first-order chi connectivity index (χ1) is 32.1. The number of methoxy groups -OCH3 is 3. The van der Waals surface area contributed by atoms with Crippen molar-refractivity contribution in [2.75, 3.05) is 28.1 Å². The number of ether oxygens (including phenoxy) is 11. The number of benzene rings is 2. The molecule has 0 radical (unpaired) electrons. The van der Waals surface area contributed by atoms with E-state index in [0.717, 1.165) is 28.0 Å². The molecule has 4 heterocycles. The Hall–Kier alpha value is -4.67. The van der Waals surface area contributed by atoms with E-state index >= 15 is 0 Å². The van der Waals surface area contributed by atoms with Gasteiger partial charge in [0, 0.05) is 44.8 Å². The van der Waals surface area contributed by atoms with Crippen molar-refractivity contribution in [2.45, 2.75) is 159 Å². The second-order valence-corrected chi connectivity index (χ2v) is 18.7. The molecule has 6 rings (SSSR count). The molecule has 0 aromatic heterocycles. The standard InChI is InChI=1S/C53H70O14/c1-34-21-42-19-20-52(5,6)53(59-9)51(63-37(4)54)40(26-49(55)58-8)25-47(67-53)29-48(36(3)62-33-60-31-38-13-11-10-12-14-38)66-50(56)30-43(61-32-39-15-17-41(57-7)18-16-39)27-44-23-35(2)24-46(65-44)28-45(22-34)64-42/h10-20,26,36,42-48,51H,1-2,21-25,27-33H2,3-9H3/b20-19+,40-26+/t36-,42+,43-,44?,45+,46-,47+,48-,51+,53-/m1/s1. The summed E-state index contributed by atoms with van der Waals surface area (Å²) in [5.41, 5.74) is 3.33. The molecule has 4 aliphatic heterocycles. The Morgan fingerprint density at radius 3 is 2.16 bits per heavy atom. The van der Waals surface area contributed by atoms with Crippen LogP contribution in [0.3, 0.4) is 0 Å². The fourth-order valence-electron chi connectivity index (χ4n) is 9.52. The summed E-state index contributed by atoms with van der Waals surface area (Å²) < 4.78 is 68.5. The Kier molecular flexibility index (Phi) is 18.6. The van der Waals surface area contributed by atoms with Gasteiger partial charge in [-0.2, -0.15) is 0 Å². The topological polar surface area (TPSA) is 153 Å². The summed E-state index contributed by atoms with van der Waals surface area (Å²) in [5, 5.41) is 0. The first kappa shape index (κ1) is 51.7. The number of carbonyl (C=O) groups excluding carboxylic acids is 3. The minimum atomic E-state index is -1.72. The lowest BCUT2D eigenvalue weighted by Gasteiger charge is -2.53. The first-order valence-electron chi connectivity index (χ1n) is 23.3. The molecule has 366 valence electrons. The largest absolute Gasteiger partial charge is 0.497 e. The molecule has 2 aromatic rings. The monoisotopic (exact) mass is 930 g/mol. The van der Waals surface area contributed by atoms with Crippen LogP contribution in [-0.4, -0.2) is 107 Å². The highest BCUT2D eigenvalue weighted by molar-refractivity contribution is 5.83. The van der Waals surface area contributed by atoms with E-state index in [1.165, 1.54) is 27.2 Å². The van der Waals surface area contributed by atoms with Gasteiger partial charge in [-0.1, -0.05) is 92.8 Å². The van der Waals surface area contributed by atoms with Crippen LogP contribution in [0.1, 0.15) is 96.6 Å². The molecule has 0 aliphatic carbocycles. The molecule has 10 atom stereocenters. The second-order valence-electron chi connectivity index (χ2n) is 18.7. The van der Waals surface area contributed by atoms with Crippen LogP contribution in [0.5, 0.6) is 5.75 Å². The number of hydrogen-bond donors (Lipinski definition) is 0. The van der Waals surface area contributed by atoms with Crippen LogP contribution in [-0.2, 0) is 75.0 Å². The Balaban J connectivity index is 1.38. The first-order valence-corrected chi connectivity index (χ1v) is 23.3. The van der Waals surface area contributed by atoms with Crippen molar-refractivity contribution >= 4 is 17.9 Å².